The minimum atomic E-state index is -0.925. The van der Waals surface area contributed by atoms with Crippen molar-refractivity contribution in [2.75, 3.05) is 0 Å². The Balaban J connectivity index is 2.85. The van der Waals surface area contributed by atoms with Gasteiger partial charge in [0.25, 0.3) is 0 Å². The molecule has 102 valence electrons. The first-order valence-corrected chi connectivity index (χ1v) is 6.80. The van der Waals surface area contributed by atoms with E-state index in [-0.39, 0.29) is 5.41 Å². The van der Waals surface area contributed by atoms with Crippen molar-refractivity contribution in [3.8, 4) is 0 Å². The number of aliphatic hydroxyl groups is 1. The zero-order valence-corrected chi connectivity index (χ0v) is 12.8. The van der Waals surface area contributed by atoms with Crippen LogP contribution in [0.4, 0.5) is 0 Å². The van der Waals surface area contributed by atoms with Crippen molar-refractivity contribution in [1.82, 2.24) is 4.98 Å². The molecule has 0 aliphatic carbocycles. The van der Waals surface area contributed by atoms with Gasteiger partial charge in [-0.25, -0.2) is 0 Å². The molecule has 0 atom stereocenters. The second-order valence-corrected chi connectivity index (χ2v) is 6.96. The molecule has 2 rings (SSSR count). The van der Waals surface area contributed by atoms with Gasteiger partial charge in [0.1, 0.15) is 0 Å². The van der Waals surface area contributed by atoms with Gasteiger partial charge in [0, 0.05) is 21.5 Å². The highest BCUT2D eigenvalue weighted by molar-refractivity contribution is 6.31. The fourth-order valence-corrected chi connectivity index (χ4v) is 2.26. The van der Waals surface area contributed by atoms with Crippen LogP contribution in [0.25, 0.3) is 10.9 Å². The maximum atomic E-state index is 10.4. The maximum absolute atomic E-state index is 10.4. The first kappa shape index (κ1) is 14.3. The van der Waals surface area contributed by atoms with Gasteiger partial charge in [-0.05, 0) is 43.7 Å². The van der Waals surface area contributed by atoms with E-state index in [1.165, 1.54) is 0 Å². The topological polar surface area (TPSA) is 33.1 Å². The van der Waals surface area contributed by atoms with Gasteiger partial charge in [0.15, 0.2) is 0 Å². The summed E-state index contributed by atoms with van der Waals surface area (Å²) in [6.45, 7) is 9.92. The van der Waals surface area contributed by atoms with Gasteiger partial charge in [0.05, 0.1) is 11.1 Å². The highest BCUT2D eigenvalue weighted by atomic mass is 35.5. The van der Waals surface area contributed by atoms with Crippen LogP contribution >= 0.6 is 11.6 Å². The van der Waals surface area contributed by atoms with Crippen molar-refractivity contribution in [1.29, 1.82) is 0 Å². The van der Waals surface area contributed by atoms with Crippen molar-refractivity contribution in [3.63, 3.8) is 0 Å². The van der Waals surface area contributed by atoms with Crippen LogP contribution in [0.1, 0.15) is 45.9 Å². The van der Waals surface area contributed by atoms with Crippen LogP contribution in [0, 0.1) is 0 Å². The fraction of sp³-hybridized carbons (Fsp3) is 0.438. The van der Waals surface area contributed by atoms with E-state index in [0.717, 1.165) is 22.2 Å². The second kappa shape index (κ2) is 4.46. The first-order chi connectivity index (χ1) is 8.59. The third-order valence-corrected chi connectivity index (χ3v) is 3.43. The van der Waals surface area contributed by atoms with Crippen LogP contribution in [-0.2, 0) is 11.0 Å². The molecular formula is C16H20ClNO. The minimum Gasteiger partial charge on any atom is -0.386 e. The molecule has 0 unspecified atom stereocenters. The molecular weight excluding hydrogens is 258 g/mol. The number of halogens is 1. The third kappa shape index (κ3) is 2.90. The molecule has 0 radical (unpaired) electrons. The van der Waals surface area contributed by atoms with Crippen molar-refractivity contribution in [3.05, 3.63) is 40.5 Å². The largest absolute Gasteiger partial charge is 0.386 e. The van der Waals surface area contributed by atoms with Crippen LogP contribution in [-0.4, -0.2) is 10.1 Å². The zero-order chi connectivity index (χ0) is 14.4. The highest BCUT2D eigenvalue weighted by Gasteiger charge is 2.24. The van der Waals surface area contributed by atoms with E-state index in [1.807, 2.05) is 24.3 Å². The Hall–Kier alpha value is -1.12. The average molecular weight is 278 g/mol. The Labute approximate surface area is 119 Å². The predicted molar refractivity (Wildman–Crippen MR) is 80.7 cm³/mol. The van der Waals surface area contributed by atoms with E-state index in [4.69, 9.17) is 16.6 Å². The van der Waals surface area contributed by atoms with Crippen molar-refractivity contribution in [2.24, 2.45) is 0 Å². The van der Waals surface area contributed by atoms with Crippen LogP contribution < -0.4 is 0 Å². The number of fused-ring (bicyclic) bond motifs is 1. The van der Waals surface area contributed by atoms with E-state index in [2.05, 4.69) is 20.8 Å². The lowest BCUT2D eigenvalue weighted by atomic mass is 9.86. The summed E-state index contributed by atoms with van der Waals surface area (Å²) in [5.74, 6) is 0. The monoisotopic (exact) mass is 277 g/mol. The number of pyridine rings is 1. The van der Waals surface area contributed by atoms with Crippen molar-refractivity contribution >= 4 is 22.5 Å². The Kier molecular flexibility index (Phi) is 3.36. The number of rotatable bonds is 1. The van der Waals surface area contributed by atoms with E-state index < -0.39 is 5.60 Å². The SMILES string of the molecule is CC(C)(C)c1cc(C(C)(C)O)c2cc(Cl)ccc2n1. The fourth-order valence-electron chi connectivity index (χ4n) is 2.09. The molecule has 0 aliphatic rings. The molecule has 1 aromatic heterocycles. The van der Waals surface area contributed by atoms with E-state index in [0.29, 0.717) is 5.02 Å². The molecule has 2 aromatic rings. The molecule has 1 N–H and O–H groups in total. The van der Waals surface area contributed by atoms with E-state index in [1.54, 1.807) is 13.8 Å². The maximum Gasteiger partial charge on any atom is 0.0847 e. The van der Waals surface area contributed by atoms with Gasteiger partial charge < -0.3 is 5.11 Å². The smallest absolute Gasteiger partial charge is 0.0847 e. The standard InChI is InChI=1S/C16H20ClNO/c1-15(2,3)14-9-12(16(4,5)19)11-8-10(17)6-7-13(11)18-14/h6-9,19H,1-5H3. The zero-order valence-electron chi connectivity index (χ0n) is 12.1. The van der Waals surface area contributed by atoms with Gasteiger partial charge in [-0.3, -0.25) is 4.98 Å². The van der Waals surface area contributed by atoms with Gasteiger partial charge in [-0.15, -0.1) is 0 Å². The summed E-state index contributed by atoms with van der Waals surface area (Å²) in [6, 6.07) is 7.59. The summed E-state index contributed by atoms with van der Waals surface area (Å²) < 4.78 is 0. The number of nitrogens with zero attached hydrogens (tertiary/aromatic N) is 1. The number of hydrogen-bond acceptors (Lipinski definition) is 2. The lowest BCUT2D eigenvalue weighted by Crippen LogP contribution is -2.20. The van der Waals surface area contributed by atoms with Crippen LogP contribution in [0.15, 0.2) is 24.3 Å². The Morgan fingerprint density at radius 1 is 1.05 bits per heavy atom. The van der Waals surface area contributed by atoms with Crippen molar-refractivity contribution < 1.29 is 5.11 Å². The van der Waals surface area contributed by atoms with Crippen LogP contribution in [0.2, 0.25) is 5.02 Å². The summed E-state index contributed by atoms with van der Waals surface area (Å²) in [5.41, 5.74) is 1.72. The van der Waals surface area contributed by atoms with E-state index in [9.17, 15) is 5.11 Å². The summed E-state index contributed by atoms with van der Waals surface area (Å²) in [4.78, 5) is 4.69. The van der Waals surface area contributed by atoms with Crippen LogP contribution in [0.5, 0.6) is 0 Å². The second-order valence-electron chi connectivity index (χ2n) is 6.53. The summed E-state index contributed by atoms with van der Waals surface area (Å²) in [6.07, 6.45) is 0. The average Bonchev–Trinajstić information content (AvgIpc) is 2.24. The number of aromatic nitrogens is 1. The number of benzene rings is 1. The third-order valence-electron chi connectivity index (χ3n) is 3.20. The lowest BCUT2D eigenvalue weighted by Gasteiger charge is -2.25. The van der Waals surface area contributed by atoms with Gasteiger partial charge in [-0.2, -0.15) is 0 Å². The Morgan fingerprint density at radius 3 is 2.21 bits per heavy atom. The lowest BCUT2D eigenvalue weighted by molar-refractivity contribution is 0.0800. The molecule has 0 bridgehead atoms. The quantitative estimate of drug-likeness (QED) is 0.837. The molecule has 0 amide bonds. The molecule has 3 heteroatoms. The molecule has 1 aromatic carbocycles. The molecule has 2 nitrogen and oxygen atoms in total. The molecule has 1 heterocycles. The molecule has 19 heavy (non-hydrogen) atoms. The van der Waals surface area contributed by atoms with Crippen molar-refractivity contribution in [2.45, 2.75) is 45.6 Å². The minimum absolute atomic E-state index is 0.0617. The normalized spacial score (nSPS) is 13.0. The van der Waals surface area contributed by atoms with Gasteiger partial charge in [-0.1, -0.05) is 32.4 Å². The summed E-state index contributed by atoms with van der Waals surface area (Å²) >= 11 is 6.06. The highest BCUT2D eigenvalue weighted by Crippen LogP contribution is 2.33. The predicted octanol–water partition coefficient (Wildman–Crippen LogP) is 4.41. The molecule has 0 aliphatic heterocycles. The van der Waals surface area contributed by atoms with E-state index >= 15 is 0 Å². The number of hydrogen-bond donors (Lipinski definition) is 1. The molecule has 0 spiro atoms. The summed E-state index contributed by atoms with van der Waals surface area (Å²) in [5, 5.41) is 12.0. The Bertz CT molecular complexity index is 621. The molecule has 0 fully saturated rings. The summed E-state index contributed by atoms with van der Waals surface area (Å²) in [7, 11) is 0. The van der Waals surface area contributed by atoms with Gasteiger partial charge in [0.2, 0.25) is 0 Å². The molecule has 0 saturated carbocycles. The van der Waals surface area contributed by atoms with Crippen LogP contribution in [0.3, 0.4) is 0 Å². The molecule has 0 saturated heterocycles. The van der Waals surface area contributed by atoms with Gasteiger partial charge >= 0.3 is 0 Å². The Morgan fingerprint density at radius 2 is 1.68 bits per heavy atom. The first-order valence-electron chi connectivity index (χ1n) is 6.43.